The van der Waals surface area contributed by atoms with Crippen LogP contribution >= 0.6 is 0 Å². The Morgan fingerprint density at radius 3 is 1.83 bits per heavy atom. The molecule has 0 heteroatoms. The van der Waals surface area contributed by atoms with Crippen LogP contribution in [0.25, 0.3) is 0 Å². The molecule has 0 aliphatic carbocycles. The lowest BCUT2D eigenvalue weighted by atomic mass is 9.60. The van der Waals surface area contributed by atoms with Crippen LogP contribution in [0.3, 0.4) is 0 Å². The Balaban J connectivity index is 4.97. The number of hydrogen-bond donors (Lipinski definition) is 0. The first-order chi connectivity index (χ1) is 8.07. The Bertz CT molecular complexity index is 222. The van der Waals surface area contributed by atoms with Gasteiger partial charge in [0.2, 0.25) is 0 Å². The molecule has 0 aromatic carbocycles. The van der Waals surface area contributed by atoms with Crippen LogP contribution in [0.5, 0.6) is 0 Å². The molecule has 0 aliphatic heterocycles. The lowest BCUT2D eigenvalue weighted by molar-refractivity contribution is 0.0870. The van der Waals surface area contributed by atoms with Gasteiger partial charge in [0.1, 0.15) is 0 Å². The highest BCUT2D eigenvalue weighted by Gasteiger charge is 2.38. The summed E-state index contributed by atoms with van der Waals surface area (Å²) in [5, 5.41) is 0. The van der Waals surface area contributed by atoms with Crippen LogP contribution in [-0.2, 0) is 0 Å². The molecule has 0 aliphatic rings. The summed E-state index contributed by atoms with van der Waals surface area (Å²) in [4.78, 5) is 0. The average molecular weight is 253 g/mol. The van der Waals surface area contributed by atoms with Gasteiger partial charge in [-0.1, -0.05) is 81.6 Å². The molecule has 2 unspecified atom stereocenters. The third kappa shape index (κ3) is 5.33. The van der Waals surface area contributed by atoms with Crippen molar-refractivity contribution in [1.82, 2.24) is 0 Å². The predicted molar refractivity (Wildman–Crippen MR) is 84.6 cm³/mol. The maximum Gasteiger partial charge on any atom is -0.0264 e. The zero-order chi connectivity index (χ0) is 14.6. The summed E-state index contributed by atoms with van der Waals surface area (Å²) in [5.41, 5.74) is 0.871. The molecule has 1 radical (unpaired) electrons. The Morgan fingerprint density at radius 1 is 1.00 bits per heavy atom. The van der Waals surface area contributed by atoms with E-state index in [1.165, 1.54) is 25.7 Å². The minimum atomic E-state index is 0.410. The van der Waals surface area contributed by atoms with E-state index in [4.69, 9.17) is 0 Å². The Hall–Kier alpha value is 0. The van der Waals surface area contributed by atoms with Crippen molar-refractivity contribution < 1.29 is 0 Å². The highest BCUT2D eigenvalue weighted by atomic mass is 14.4. The van der Waals surface area contributed by atoms with Gasteiger partial charge < -0.3 is 0 Å². The fourth-order valence-corrected chi connectivity index (χ4v) is 4.21. The third-order valence-electron chi connectivity index (χ3n) is 4.67. The molecule has 0 bridgehead atoms. The SMILES string of the molecule is CCCC(C)C([C](C)C)C(C)(C)CC(C)(C)CC. The Morgan fingerprint density at radius 2 is 1.50 bits per heavy atom. The lowest BCUT2D eigenvalue weighted by Crippen LogP contribution is -2.36. The first-order valence-electron chi connectivity index (χ1n) is 7.87. The van der Waals surface area contributed by atoms with Crippen molar-refractivity contribution in [3.8, 4) is 0 Å². The summed E-state index contributed by atoms with van der Waals surface area (Å²) in [6, 6.07) is 0. The number of rotatable bonds is 8. The van der Waals surface area contributed by atoms with Gasteiger partial charge in [0, 0.05) is 0 Å². The van der Waals surface area contributed by atoms with Gasteiger partial charge >= 0.3 is 0 Å². The highest BCUT2D eigenvalue weighted by Crippen LogP contribution is 2.48. The van der Waals surface area contributed by atoms with Crippen LogP contribution in [-0.4, -0.2) is 0 Å². The monoisotopic (exact) mass is 253 g/mol. The zero-order valence-corrected chi connectivity index (χ0v) is 14.5. The molecule has 0 saturated heterocycles. The predicted octanol–water partition coefficient (Wildman–Crippen LogP) is 6.51. The third-order valence-corrected chi connectivity index (χ3v) is 4.67. The topological polar surface area (TPSA) is 0 Å². The van der Waals surface area contributed by atoms with Crippen molar-refractivity contribution in [3.63, 3.8) is 0 Å². The van der Waals surface area contributed by atoms with Gasteiger partial charge in [0.25, 0.3) is 0 Å². The maximum absolute atomic E-state index is 2.48. The summed E-state index contributed by atoms with van der Waals surface area (Å²) in [6.07, 6.45) is 5.25. The second-order valence-corrected chi connectivity index (χ2v) is 8.00. The Labute approximate surface area is 117 Å². The van der Waals surface area contributed by atoms with E-state index < -0.39 is 0 Å². The van der Waals surface area contributed by atoms with Crippen LogP contribution in [0.2, 0.25) is 0 Å². The number of hydrogen-bond acceptors (Lipinski definition) is 0. The summed E-state index contributed by atoms with van der Waals surface area (Å²) >= 11 is 0. The van der Waals surface area contributed by atoms with E-state index in [0.29, 0.717) is 10.8 Å². The molecule has 0 nitrogen and oxygen atoms in total. The Kier molecular flexibility index (Phi) is 6.96. The standard InChI is InChI=1S/C18H37/c1-10-12-15(5)16(14(3)4)18(8,9)13-17(6,7)11-2/h15-16H,10-13H2,1-9H3. The van der Waals surface area contributed by atoms with Crippen LogP contribution in [0.1, 0.15) is 88.0 Å². The lowest BCUT2D eigenvalue weighted by Gasteiger charge is -2.45. The largest absolute Gasteiger partial charge is 0.0654 e. The fourth-order valence-electron chi connectivity index (χ4n) is 4.21. The minimum absolute atomic E-state index is 0.410. The van der Waals surface area contributed by atoms with Gasteiger partial charge in [-0.25, -0.2) is 0 Å². The van der Waals surface area contributed by atoms with Crippen molar-refractivity contribution in [2.45, 2.75) is 88.0 Å². The van der Waals surface area contributed by atoms with Crippen molar-refractivity contribution in [2.24, 2.45) is 22.7 Å². The van der Waals surface area contributed by atoms with Crippen LogP contribution in [0, 0.1) is 28.6 Å². The van der Waals surface area contributed by atoms with Crippen molar-refractivity contribution in [3.05, 3.63) is 5.92 Å². The minimum Gasteiger partial charge on any atom is -0.0654 e. The van der Waals surface area contributed by atoms with Gasteiger partial charge in [0.15, 0.2) is 0 Å². The van der Waals surface area contributed by atoms with E-state index >= 15 is 0 Å². The quantitative estimate of drug-likeness (QED) is 0.463. The van der Waals surface area contributed by atoms with E-state index in [2.05, 4.69) is 62.3 Å². The molecule has 0 spiro atoms. The van der Waals surface area contributed by atoms with Gasteiger partial charge in [-0.3, -0.25) is 0 Å². The van der Waals surface area contributed by atoms with Gasteiger partial charge in [-0.15, -0.1) is 0 Å². The molecule has 0 aromatic rings. The molecule has 109 valence electrons. The van der Waals surface area contributed by atoms with Crippen LogP contribution < -0.4 is 0 Å². The molecule has 0 rings (SSSR count). The van der Waals surface area contributed by atoms with E-state index in [1.807, 2.05) is 0 Å². The van der Waals surface area contributed by atoms with E-state index in [-0.39, 0.29) is 0 Å². The normalized spacial score (nSPS) is 17.0. The summed E-state index contributed by atoms with van der Waals surface area (Å²) in [7, 11) is 0. The van der Waals surface area contributed by atoms with E-state index in [1.54, 1.807) is 5.92 Å². The smallest absolute Gasteiger partial charge is 0.0264 e. The molecule has 2 atom stereocenters. The molecular weight excluding hydrogens is 216 g/mol. The molecule has 18 heavy (non-hydrogen) atoms. The molecule has 0 N–H and O–H groups in total. The second kappa shape index (κ2) is 6.96. The van der Waals surface area contributed by atoms with Crippen molar-refractivity contribution >= 4 is 0 Å². The summed E-state index contributed by atoms with van der Waals surface area (Å²) < 4.78 is 0. The van der Waals surface area contributed by atoms with Gasteiger partial charge in [0.05, 0.1) is 0 Å². The molecular formula is C18H37. The van der Waals surface area contributed by atoms with E-state index in [0.717, 1.165) is 11.8 Å². The maximum atomic E-state index is 2.48. The van der Waals surface area contributed by atoms with Gasteiger partial charge in [-0.2, -0.15) is 0 Å². The van der Waals surface area contributed by atoms with Gasteiger partial charge in [-0.05, 0) is 35.0 Å². The molecule has 0 fully saturated rings. The van der Waals surface area contributed by atoms with Crippen LogP contribution in [0.4, 0.5) is 0 Å². The first kappa shape index (κ1) is 18.0. The second-order valence-electron chi connectivity index (χ2n) is 8.00. The van der Waals surface area contributed by atoms with E-state index in [9.17, 15) is 0 Å². The molecule has 0 amide bonds. The van der Waals surface area contributed by atoms with Crippen molar-refractivity contribution in [1.29, 1.82) is 0 Å². The first-order valence-corrected chi connectivity index (χ1v) is 7.87. The average Bonchev–Trinajstić information content (AvgIpc) is 2.14. The summed E-state index contributed by atoms with van der Waals surface area (Å²) in [5.74, 6) is 3.18. The van der Waals surface area contributed by atoms with Crippen LogP contribution in [0.15, 0.2) is 0 Å². The molecule has 0 aromatic heterocycles. The molecule has 0 heterocycles. The van der Waals surface area contributed by atoms with Crippen molar-refractivity contribution in [2.75, 3.05) is 0 Å². The zero-order valence-electron chi connectivity index (χ0n) is 14.5. The molecule has 0 saturated carbocycles. The summed E-state index contributed by atoms with van der Waals surface area (Å²) in [6.45, 7) is 21.5. The fraction of sp³-hybridized carbons (Fsp3) is 0.944. The highest BCUT2D eigenvalue weighted by molar-refractivity contribution is 4.99.